The van der Waals surface area contributed by atoms with Crippen molar-refractivity contribution in [1.29, 1.82) is 0 Å². The first-order chi connectivity index (χ1) is 9.53. The maximum Gasteiger partial charge on any atom is 0.101 e. The molecule has 0 radical (unpaired) electrons. The zero-order chi connectivity index (χ0) is 14.0. The fourth-order valence-corrected chi connectivity index (χ4v) is 6.73. The van der Waals surface area contributed by atoms with Crippen LogP contribution < -0.4 is 0 Å². The second-order valence-electron chi connectivity index (χ2n) is 8.68. The van der Waals surface area contributed by atoms with Crippen molar-refractivity contribution in [2.45, 2.75) is 77.8 Å². The zero-order valence-electron chi connectivity index (χ0n) is 13.1. The van der Waals surface area contributed by atoms with E-state index >= 15 is 0 Å². The number of hydrogen-bond acceptors (Lipinski definition) is 0. The zero-order valence-corrected chi connectivity index (χ0v) is 13.1. The summed E-state index contributed by atoms with van der Waals surface area (Å²) in [7, 11) is 0. The second-order valence-corrected chi connectivity index (χ2v) is 8.68. The fraction of sp³-hybridized carbons (Fsp3) is 0.895. The van der Waals surface area contributed by atoms with Crippen molar-refractivity contribution in [3.8, 4) is 0 Å². The number of rotatable bonds is 0. The molecule has 0 aromatic rings. The van der Waals surface area contributed by atoms with Crippen LogP contribution >= 0.6 is 0 Å². The average Bonchev–Trinajstić information content (AvgIpc) is 2.72. The van der Waals surface area contributed by atoms with Gasteiger partial charge in [0.1, 0.15) is 6.17 Å². The first kappa shape index (κ1) is 13.3. The second kappa shape index (κ2) is 4.34. The summed E-state index contributed by atoms with van der Waals surface area (Å²) in [6, 6.07) is 0. The van der Waals surface area contributed by atoms with Gasteiger partial charge in [-0.15, -0.1) is 0 Å². The van der Waals surface area contributed by atoms with Gasteiger partial charge in [-0.3, -0.25) is 0 Å². The van der Waals surface area contributed by atoms with Gasteiger partial charge >= 0.3 is 0 Å². The third kappa shape index (κ3) is 1.70. The van der Waals surface area contributed by atoms with Gasteiger partial charge in [0.05, 0.1) is 0 Å². The largest absolute Gasteiger partial charge is 0.247 e. The van der Waals surface area contributed by atoms with Crippen LogP contribution in [0.2, 0.25) is 0 Å². The van der Waals surface area contributed by atoms with Crippen LogP contribution in [0.5, 0.6) is 0 Å². The minimum absolute atomic E-state index is 0.326. The van der Waals surface area contributed by atoms with Crippen molar-refractivity contribution in [3.05, 3.63) is 11.6 Å². The lowest BCUT2D eigenvalue weighted by Gasteiger charge is -2.57. The molecule has 6 atom stereocenters. The molecule has 1 heteroatoms. The molecule has 20 heavy (non-hydrogen) atoms. The van der Waals surface area contributed by atoms with E-state index < -0.39 is 6.17 Å². The Kier molecular flexibility index (Phi) is 2.89. The molecule has 0 heterocycles. The summed E-state index contributed by atoms with van der Waals surface area (Å²) in [6.45, 7) is 4.93. The van der Waals surface area contributed by atoms with Crippen LogP contribution in [-0.4, -0.2) is 6.17 Å². The topological polar surface area (TPSA) is 0 Å². The summed E-state index contributed by atoms with van der Waals surface area (Å²) in [5, 5.41) is 0. The summed E-state index contributed by atoms with van der Waals surface area (Å²) >= 11 is 0. The van der Waals surface area contributed by atoms with E-state index in [2.05, 4.69) is 19.9 Å². The van der Waals surface area contributed by atoms with Crippen molar-refractivity contribution >= 4 is 0 Å². The third-order valence-corrected chi connectivity index (χ3v) is 7.74. The standard InChI is InChI=1S/C19H29F/c1-18-10-8-16-15(17(18)11-14(20)12-18)7-6-13-5-3-4-9-19(13,16)2/h5,14-17H,3-4,6-12H2,1-2H3/t14?,15-,16+,17+,18-,19+/m1/s1. The van der Waals surface area contributed by atoms with Gasteiger partial charge in [0.25, 0.3) is 0 Å². The molecular formula is C19H29F. The molecular weight excluding hydrogens is 247 g/mol. The Bertz CT molecular complexity index is 439. The van der Waals surface area contributed by atoms with Crippen molar-refractivity contribution in [1.82, 2.24) is 0 Å². The summed E-state index contributed by atoms with van der Waals surface area (Å²) in [6.07, 6.45) is 13.1. The summed E-state index contributed by atoms with van der Waals surface area (Å²) in [4.78, 5) is 0. The third-order valence-electron chi connectivity index (χ3n) is 7.74. The molecule has 3 fully saturated rings. The van der Waals surface area contributed by atoms with Gasteiger partial charge in [-0.25, -0.2) is 4.39 Å². The van der Waals surface area contributed by atoms with E-state index in [1.54, 1.807) is 5.57 Å². The van der Waals surface area contributed by atoms with E-state index in [0.717, 1.165) is 24.7 Å². The molecule has 0 amide bonds. The highest BCUT2D eigenvalue weighted by Gasteiger charge is 2.57. The van der Waals surface area contributed by atoms with E-state index in [-0.39, 0.29) is 0 Å². The van der Waals surface area contributed by atoms with E-state index in [4.69, 9.17) is 0 Å². The molecule has 0 bridgehead atoms. The maximum atomic E-state index is 14.0. The Morgan fingerprint density at radius 2 is 2.00 bits per heavy atom. The van der Waals surface area contributed by atoms with E-state index in [1.807, 2.05) is 0 Å². The smallest absolute Gasteiger partial charge is 0.101 e. The average molecular weight is 276 g/mol. The lowest BCUT2D eigenvalue weighted by Crippen LogP contribution is -2.48. The highest BCUT2D eigenvalue weighted by atomic mass is 19.1. The van der Waals surface area contributed by atoms with Crippen LogP contribution in [0.3, 0.4) is 0 Å². The molecule has 0 aromatic carbocycles. The van der Waals surface area contributed by atoms with E-state index in [1.165, 1.54) is 44.9 Å². The van der Waals surface area contributed by atoms with Gasteiger partial charge in [-0.1, -0.05) is 25.5 Å². The molecule has 3 saturated carbocycles. The first-order valence-electron chi connectivity index (χ1n) is 8.86. The van der Waals surface area contributed by atoms with Crippen LogP contribution in [0.4, 0.5) is 4.39 Å². The molecule has 0 nitrogen and oxygen atoms in total. The Balaban J connectivity index is 1.68. The van der Waals surface area contributed by atoms with Gasteiger partial charge in [0, 0.05) is 0 Å². The van der Waals surface area contributed by atoms with Crippen LogP contribution in [-0.2, 0) is 0 Å². The van der Waals surface area contributed by atoms with Crippen molar-refractivity contribution < 1.29 is 4.39 Å². The summed E-state index contributed by atoms with van der Waals surface area (Å²) in [5.41, 5.74) is 2.56. The molecule has 0 N–H and O–H groups in total. The van der Waals surface area contributed by atoms with E-state index in [9.17, 15) is 4.39 Å². The maximum absolute atomic E-state index is 14.0. The Hall–Kier alpha value is -0.330. The Labute approximate surface area is 123 Å². The summed E-state index contributed by atoms with van der Waals surface area (Å²) < 4.78 is 14.0. The predicted octanol–water partition coefficient (Wildman–Crippen LogP) is 5.68. The molecule has 1 unspecified atom stereocenters. The minimum Gasteiger partial charge on any atom is -0.247 e. The van der Waals surface area contributed by atoms with Gasteiger partial charge in [0.15, 0.2) is 0 Å². The molecule has 0 spiro atoms. The SMILES string of the molecule is C[C@]12CC[C@H]3[C@@H](CCC4=CCCC[C@@]43C)[C@@H]1CC(F)C2. The van der Waals surface area contributed by atoms with Crippen molar-refractivity contribution in [2.75, 3.05) is 0 Å². The van der Waals surface area contributed by atoms with E-state index in [0.29, 0.717) is 16.7 Å². The molecule has 4 aliphatic carbocycles. The molecule has 4 rings (SSSR count). The van der Waals surface area contributed by atoms with Gasteiger partial charge in [-0.05, 0) is 86.4 Å². The molecule has 0 saturated heterocycles. The monoisotopic (exact) mass is 276 g/mol. The summed E-state index contributed by atoms with van der Waals surface area (Å²) in [5.74, 6) is 2.34. The number of fused-ring (bicyclic) bond motifs is 5. The van der Waals surface area contributed by atoms with Gasteiger partial charge in [0.2, 0.25) is 0 Å². The first-order valence-corrected chi connectivity index (χ1v) is 8.86. The molecule has 0 aliphatic heterocycles. The van der Waals surface area contributed by atoms with Crippen molar-refractivity contribution in [3.63, 3.8) is 0 Å². The van der Waals surface area contributed by atoms with Crippen LogP contribution in [0.1, 0.15) is 71.6 Å². The minimum atomic E-state index is -0.514. The quantitative estimate of drug-likeness (QED) is 0.499. The lowest BCUT2D eigenvalue weighted by molar-refractivity contribution is -0.0360. The predicted molar refractivity (Wildman–Crippen MR) is 81.2 cm³/mol. The van der Waals surface area contributed by atoms with Gasteiger partial charge in [-0.2, -0.15) is 0 Å². The number of halogens is 1. The van der Waals surface area contributed by atoms with Crippen LogP contribution in [0.25, 0.3) is 0 Å². The fourth-order valence-electron chi connectivity index (χ4n) is 6.73. The number of hydrogen-bond donors (Lipinski definition) is 0. The van der Waals surface area contributed by atoms with Crippen LogP contribution in [0.15, 0.2) is 11.6 Å². The van der Waals surface area contributed by atoms with Gasteiger partial charge < -0.3 is 0 Å². The van der Waals surface area contributed by atoms with Crippen molar-refractivity contribution in [2.24, 2.45) is 28.6 Å². The highest BCUT2D eigenvalue weighted by Crippen LogP contribution is 2.65. The molecule has 4 aliphatic rings. The van der Waals surface area contributed by atoms with Crippen LogP contribution in [0, 0.1) is 28.6 Å². The molecule has 112 valence electrons. The normalized spacial score (nSPS) is 54.6. The molecule has 0 aromatic heterocycles. The lowest BCUT2D eigenvalue weighted by atomic mass is 9.47. The number of allylic oxidation sites excluding steroid dienone is 2. The highest BCUT2D eigenvalue weighted by molar-refractivity contribution is 5.23. The number of alkyl halides is 1. The Morgan fingerprint density at radius 1 is 1.15 bits per heavy atom. The Morgan fingerprint density at radius 3 is 2.85 bits per heavy atom.